The lowest BCUT2D eigenvalue weighted by Gasteiger charge is -2.32. The Bertz CT molecular complexity index is 690. The van der Waals surface area contributed by atoms with Crippen LogP contribution in [0.3, 0.4) is 0 Å². The summed E-state index contributed by atoms with van der Waals surface area (Å²) in [4.78, 5) is 19.5. The van der Waals surface area contributed by atoms with Gasteiger partial charge in [0.15, 0.2) is 0 Å². The summed E-state index contributed by atoms with van der Waals surface area (Å²) in [6.45, 7) is 4.74. The number of carbonyl (C=O) groups is 1. The van der Waals surface area contributed by atoms with Crippen molar-refractivity contribution in [3.05, 3.63) is 41.6 Å². The van der Waals surface area contributed by atoms with E-state index in [0.29, 0.717) is 0 Å². The molecule has 4 heteroatoms. The number of nitrogens with one attached hydrogen (secondary N) is 1. The first kappa shape index (κ1) is 15.9. The van der Waals surface area contributed by atoms with Gasteiger partial charge in [-0.1, -0.05) is 18.2 Å². The molecule has 23 heavy (non-hydrogen) atoms. The number of aromatic nitrogens is 1. The maximum Gasteiger partial charge on any atom is 0.254 e. The summed E-state index contributed by atoms with van der Waals surface area (Å²) in [5, 5.41) is 4.17. The molecule has 0 radical (unpaired) electrons. The molecule has 1 aliphatic rings. The predicted molar refractivity (Wildman–Crippen MR) is 93.7 cm³/mol. The van der Waals surface area contributed by atoms with E-state index in [0.717, 1.165) is 60.6 Å². The normalized spacial score (nSPS) is 16.0. The third kappa shape index (κ3) is 3.53. The lowest BCUT2D eigenvalue weighted by atomic mass is 9.93. The lowest BCUT2D eigenvalue weighted by molar-refractivity contribution is 0.0689. The fraction of sp³-hybridized carbons (Fsp3) is 0.474. The molecule has 2 heterocycles. The molecule has 1 saturated heterocycles. The minimum absolute atomic E-state index is 0.152. The zero-order valence-electron chi connectivity index (χ0n) is 14.0. The summed E-state index contributed by atoms with van der Waals surface area (Å²) in [6, 6.07) is 9.84. The molecule has 1 aromatic heterocycles. The Morgan fingerprint density at radius 1 is 1.30 bits per heavy atom. The maximum atomic E-state index is 13.0. The molecule has 0 bridgehead atoms. The molecule has 0 spiro atoms. The highest BCUT2D eigenvalue weighted by atomic mass is 16.2. The van der Waals surface area contributed by atoms with Crippen molar-refractivity contribution in [3.8, 4) is 0 Å². The molecule has 0 saturated carbocycles. The Balaban J connectivity index is 1.77. The minimum atomic E-state index is 0.152. The molecule has 3 rings (SSSR count). The van der Waals surface area contributed by atoms with Gasteiger partial charge in [-0.05, 0) is 57.8 Å². The van der Waals surface area contributed by atoms with Gasteiger partial charge < -0.3 is 10.2 Å². The largest absolute Gasteiger partial charge is 0.339 e. The highest BCUT2D eigenvalue weighted by Gasteiger charge is 2.24. The number of carbonyl (C=O) groups excluding carboxylic acids is 1. The Hall–Kier alpha value is -1.94. The number of aryl methyl sites for hydroxylation is 1. The van der Waals surface area contributed by atoms with Crippen molar-refractivity contribution in [1.82, 2.24) is 15.2 Å². The molecule has 1 aliphatic heterocycles. The predicted octanol–water partition coefficient (Wildman–Crippen LogP) is 3.00. The molecular weight excluding hydrogens is 286 g/mol. The van der Waals surface area contributed by atoms with Crippen LogP contribution < -0.4 is 5.32 Å². The third-order valence-corrected chi connectivity index (χ3v) is 4.78. The summed E-state index contributed by atoms with van der Waals surface area (Å²) in [7, 11) is 2.00. The Morgan fingerprint density at radius 3 is 2.78 bits per heavy atom. The van der Waals surface area contributed by atoms with Gasteiger partial charge in [-0.2, -0.15) is 0 Å². The maximum absolute atomic E-state index is 13.0. The lowest BCUT2D eigenvalue weighted by Crippen LogP contribution is -2.39. The van der Waals surface area contributed by atoms with Crippen molar-refractivity contribution >= 4 is 16.8 Å². The van der Waals surface area contributed by atoms with Gasteiger partial charge in [-0.25, -0.2) is 0 Å². The zero-order valence-corrected chi connectivity index (χ0v) is 14.0. The van der Waals surface area contributed by atoms with Crippen molar-refractivity contribution in [3.63, 3.8) is 0 Å². The van der Waals surface area contributed by atoms with Gasteiger partial charge in [0.25, 0.3) is 5.91 Å². The van der Waals surface area contributed by atoms with E-state index in [2.05, 4.69) is 10.3 Å². The first-order valence-electron chi connectivity index (χ1n) is 8.49. The zero-order chi connectivity index (χ0) is 16.2. The quantitative estimate of drug-likeness (QED) is 0.944. The van der Waals surface area contributed by atoms with Crippen LogP contribution in [0.2, 0.25) is 0 Å². The molecule has 1 amide bonds. The van der Waals surface area contributed by atoms with Crippen LogP contribution in [0.15, 0.2) is 30.3 Å². The van der Waals surface area contributed by atoms with Crippen LogP contribution in [-0.2, 0) is 0 Å². The number of pyridine rings is 1. The number of rotatable bonds is 4. The van der Waals surface area contributed by atoms with Gasteiger partial charge in [-0.3, -0.25) is 9.78 Å². The molecule has 1 N–H and O–H groups in total. The first-order chi connectivity index (χ1) is 11.2. The Morgan fingerprint density at radius 2 is 2.04 bits per heavy atom. The standard InChI is InChI=1S/C19H25N3O/c1-14-13-17(16-5-3-4-6-18(16)21-14)19(23)22-11-8-15(9-12-22)7-10-20-2/h3-6,13,15,20H,7-12H2,1-2H3. The number of piperidine rings is 1. The summed E-state index contributed by atoms with van der Waals surface area (Å²) in [5.74, 6) is 0.890. The number of benzene rings is 1. The van der Waals surface area contributed by atoms with Crippen molar-refractivity contribution < 1.29 is 4.79 Å². The number of hydrogen-bond donors (Lipinski definition) is 1. The third-order valence-electron chi connectivity index (χ3n) is 4.78. The molecule has 4 nitrogen and oxygen atoms in total. The van der Waals surface area contributed by atoms with Crippen LogP contribution in [0.4, 0.5) is 0 Å². The second kappa shape index (κ2) is 7.09. The summed E-state index contributed by atoms with van der Waals surface area (Å²) >= 11 is 0. The Labute approximate surface area is 137 Å². The minimum Gasteiger partial charge on any atom is -0.339 e. The number of fused-ring (bicyclic) bond motifs is 1. The molecule has 0 atom stereocenters. The number of amides is 1. The first-order valence-corrected chi connectivity index (χ1v) is 8.49. The van der Waals surface area contributed by atoms with Crippen LogP contribution >= 0.6 is 0 Å². The second-order valence-corrected chi connectivity index (χ2v) is 6.46. The van der Waals surface area contributed by atoms with Crippen molar-refractivity contribution in [1.29, 1.82) is 0 Å². The SMILES string of the molecule is CNCCC1CCN(C(=O)c2cc(C)nc3ccccc23)CC1. The average molecular weight is 311 g/mol. The summed E-state index contributed by atoms with van der Waals surface area (Å²) < 4.78 is 0. The highest BCUT2D eigenvalue weighted by molar-refractivity contribution is 6.06. The second-order valence-electron chi connectivity index (χ2n) is 6.46. The highest BCUT2D eigenvalue weighted by Crippen LogP contribution is 2.24. The van der Waals surface area contributed by atoms with Crippen LogP contribution in [0.5, 0.6) is 0 Å². The van der Waals surface area contributed by atoms with Gasteiger partial charge >= 0.3 is 0 Å². The van der Waals surface area contributed by atoms with Gasteiger partial charge in [0.05, 0.1) is 11.1 Å². The fourth-order valence-corrected chi connectivity index (χ4v) is 3.43. The molecule has 122 valence electrons. The summed E-state index contributed by atoms with van der Waals surface area (Å²) in [5.41, 5.74) is 2.59. The Kier molecular flexibility index (Phi) is 4.91. The number of likely N-dealkylation sites (tertiary alicyclic amines) is 1. The van der Waals surface area contributed by atoms with Crippen molar-refractivity contribution in [2.24, 2.45) is 5.92 Å². The van der Waals surface area contributed by atoms with Gasteiger partial charge in [-0.15, -0.1) is 0 Å². The van der Waals surface area contributed by atoms with Crippen molar-refractivity contribution in [2.45, 2.75) is 26.2 Å². The van der Waals surface area contributed by atoms with Gasteiger partial charge in [0.2, 0.25) is 0 Å². The van der Waals surface area contributed by atoms with E-state index in [1.165, 1.54) is 6.42 Å². The molecule has 2 aromatic rings. The molecular formula is C19H25N3O. The van der Waals surface area contributed by atoms with Gasteiger partial charge in [0.1, 0.15) is 0 Å². The average Bonchev–Trinajstić information content (AvgIpc) is 2.59. The number of hydrogen-bond acceptors (Lipinski definition) is 3. The fourth-order valence-electron chi connectivity index (χ4n) is 3.43. The smallest absolute Gasteiger partial charge is 0.254 e. The number of para-hydroxylation sites is 1. The van der Waals surface area contributed by atoms with E-state index < -0.39 is 0 Å². The van der Waals surface area contributed by atoms with Crippen molar-refractivity contribution in [2.75, 3.05) is 26.7 Å². The number of nitrogens with zero attached hydrogens (tertiary/aromatic N) is 2. The van der Waals surface area contributed by atoms with E-state index in [9.17, 15) is 4.79 Å². The monoisotopic (exact) mass is 311 g/mol. The van der Waals surface area contributed by atoms with Crippen LogP contribution in [-0.4, -0.2) is 42.5 Å². The van der Waals surface area contributed by atoms with Crippen LogP contribution in [0.25, 0.3) is 10.9 Å². The van der Waals surface area contributed by atoms with E-state index in [-0.39, 0.29) is 5.91 Å². The van der Waals surface area contributed by atoms with E-state index >= 15 is 0 Å². The van der Waals surface area contributed by atoms with Crippen LogP contribution in [0.1, 0.15) is 35.3 Å². The molecule has 1 fully saturated rings. The molecule has 1 aromatic carbocycles. The van der Waals surface area contributed by atoms with Crippen LogP contribution in [0, 0.1) is 12.8 Å². The van der Waals surface area contributed by atoms with E-state index in [1.807, 2.05) is 49.2 Å². The topological polar surface area (TPSA) is 45.2 Å². The van der Waals surface area contributed by atoms with E-state index in [1.54, 1.807) is 0 Å². The van der Waals surface area contributed by atoms with E-state index in [4.69, 9.17) is 0 Å². The molecule has 0 aliphatic carbocycles. The molecule has 0 unspecified atom stereocenters. The summed E-state index contributed by atoms with van der Waals surface area (Å²) in [6.07, 6.45) is 3.42. The van der Waals surface area contributed by atoms with Gasteiger partial charge in [0, 0.05) is 24.2 Å².